The molecular weight excluding hydrogens is 1030 g/mol. The van der Waals surface area contributed by atoms with Gasteiger partial charge in [0, 0.05) is 38.1 Å². The molecule has 22 heteroatoms. The Bertz CT molecular complexity index is 3290. The van der Waals surface area contributed by atoms with Crippen LogP contribution in [0.3, 0.4) is 0 Å². The maximum atomic E-state index is 14.7. The Morgan fingerprint density at radius 3 is 2.08 bits per heavy atom. The zero-order valence-electron chi connectivity index (χ0n) is 43.3. The van der Waals surface area contributed by atoms with Crippen LogP contribution in [0.25, 0.3) is 5.57 Å². The molecular formula is C56H58N6O15S. The van der Waals surface area contributed by atoms with Crippen molar-refractivity contribution in [2.24, 2.45) is 0 Å². The van der Waals surface area contributed by atoms with Gasteiger partial charge in [-0.2, -0.15) is 0 Å². The highest BCUT2D eigenvalue weighted by atomic mass is 32.2. The maximum absolute atomic E-state index is 14.7. The molecule has 0 bridgehead atoms. The van der Waals surface area contributed by atoms with Crippen molar-refractivity contribution in [3.8, 4) is 23.0 Å². The smallest absolute Gasteiger partial charge is 0.416 e. The van der Waals surface area contributed by atoms with Gasteiger partial charge in [0.15, 0.2) is 41.7 Å². The van der Waals surface area contributed by atoms with E-state index in [0.29, 0.717) is 36.5 Å². The third-order valence-electron chi connectivity index (χ3n) is 14.4. The highest BCUT2D eigenvalue weighted by molar-refractivity contribution is 7.89. The number of aromatic nitrogens is 1. The minimum absolute atomic E-state index is 0.0524. The molecule has 5 aromatic rings. The summed E-state index contributed by atoms with van der Waals surface area (Å²) < 4.78 is 75.7. The van der Waals surface area contributed by atoms with Crippen LogP contribution < -0.4 is 38.4 Å². The summed E-state index contributed by atoms with van der Waals surface area (Å²) in [7, 11) is 1.94. The molecule has 2 N–H and O–H groups in total. The van der Waals surface area contributed by atoms with Crippen LogP contribution >= 0.6 is 0 Å². The van der Waals surface area contributed by atoms with E-state index in [1.807, 2.05) is 30.3 Å². The van der Waals surface area contributed by atoms with Crippen molar-refractivity contribution in [1.29, 1.82) is 0 Å². The van der Waals surface area contributed by atoms with Crippen LogP contribution in [0.1, 0.15) is 68.9 Å². The van der Waals surface area contributed by atoms with E-state index in [-0.39, 0.29) is 83.2 Å². The molecule has 0 saturated carbocycles. The number of nitrogens with one attached hydrogen (secondary N) is 1. The molecule has 4 amide bonds. The molecule has 0 spiro atoms. The number of rotatable bonds is 16. The van der Waals surface area contributed by atoms with Gasteiger partial charge in [0.1, 0.15) is 19.8 Å². The molecule has 5 aliphatic rings. The van der Waals surface area contributed by atoms with E-state index < -0.39 is 64.9 Å². The van der Waals surface area contributed by atoms with Gasteiger partial charge in [-0.25, -0.2) is 32.5 Å². The molecule has 3 unspecified atom stereocenters. The molecule has 0 radical (unpaired) electrons. The number of carbonyl (C=O) groups excluding carboxylic acids is 3. The average molecular weight is 1090 g/mol. The van der Waals surface area contributed by atoms with Gasteiger partial charge < -0.3 is 52.8 Å². The van der Waals surface area contributed by atoms with Crippen molar-refractivity contribution in [3.05, 3.63) is 143 Å². The topological polar surface area (TPSA) is 234 Å². The summed E-state index contributed by atoms with van der Waals surface area (Å²) in [6, 6.07) is 23.6. The van der Waals surface area contributed by atoms with E-state index in [9.17, 15) is 32.7 Å². The SMILES string of the molecule is C=CCOC(=O)N1c2cc(OCc3cccc(COc4cc5c(cc4OC)C(=O)N4c6ccccc6C[C@H]4C(OC4CCCCO4)N5C(=O)O)n3)c(OC)cc2C(=O)N2CC=C(c3ccc(S(=O)(=O)NC)cc3)C[C@H]2C1OC. The van der Waals surface area contributed by atoms with E-state index in [4.69, 9.17) is 42.9 Å². The Morgan fingerprint density at radius 2 is 1.46 bits per heavy atom. The Labute approximate surface area is 450 Å². The van der Waals surface area contributed by atoms with E-state index >= 15 is 0 Å². The predicted molar refractivity (Wildman–Crippen MR) is 284 cm³/mol. The summed E-state index contributed by atoms with van der Waals surface area (Å²) in [6.45, 7) is 3.91. The zero-order valence-corrected chi connectivity index (χ0v) is 44.1. The number of hydrogen-bond donors (Lipinski definition) is 2. The van der Waals surface area contributed by atoms with Gasteiger partial charge in [-0.3, -0.25) is 14.6 Å². The third kappa shape index (κ3) is 10.2. The number of para-hydroxylation sites is 1. The lowest BCUT2D eigenvalue weighted by Crippen LogP contribution is -2.55. The largest absolute Gasteiger partial charge is 0.493 e. The van der Waals surface area contributed by atoms with E-state index in [1.165, 1.54) is 75.8 Å². The second-order valence-electron chi connectivity index (χ2n) is 18.8. The Hall–Kier alpha value is -8.02. The monoisotopic (exact) mass is 1090 g/mol. The van der Waals surface area contributed by atoms with E-state index in [2.05, 4.69) is 11.3 Å². The van der Waals surface area contributed by atoms with Gasteiger partial charge >= 0.3 is 12.2 Å². The number of fused-ring (bicyclic) bond motifs is 6. The molecule has 1 saturated heterocycles. The first-order valence-corrected chi connectivity index (χ1v) is 26.7. The van der Waals surface area contributed by atoms with Crippen LogP contribution in [-0.2, 0) is 48.6 Å². The number of ether oxygens (including phenoxy) is 8. The van der Waals surface area contributed by atoms with E-state index in [1.54, 1.807) is 40.1 Å². The van der Waals surface area contributed by atoms with Crippen molar-refractivity contribution in [1.82, 2.24) is 14.6 Å². The highest BCUT2D eigenvalue weighted by Gasteiger charge is 2.50. The van der Waals surface area contributed by atoms with Crippen LogP contribution in [0.2, 0.25) is 0 Å². The number of anilines is 3. The second-order valence-corrected chi connectivity index (χ2v) is 20.7. The quantitative estimate of drug-likeness (QED) is 0.0910. The fourth-order valence-electron chi connectivity index (χ4n) is 10.6. The Balaban J connectivity index is 0.910. The van der Waals surface area contributed by atoms with Crippen LogP contribution in [0.4, 0.5) is 26.7 Å². The lowest BCUT2D eigenvalue weighted by Gasteiger charge is -2.40. The van der Waals surface area contributed by atoms with Crippen LogP contribution in [0.15, 0.2) is 115 Å². The Morgan fingerprint density at radius 1 is 0.795 bits per heavy atom. The number of amides is 4. The summed E-state index contributed by atoms with van der Waals surface area (Å²) in [6.07, 6.45) is 1.09. The van der Waals surface area contributed by atoms with Crippen molar-refractivity contribution < 1.29 is 70.6 Å². The molecule has 21 nitrogen and oxygen atoms in total. The van der Waals surface area contributed by atoms with Crippen molar-refractivity contribution in [2.75, 3.05) is 62.8 Å². The van der Waals surface area contributed by atoms with Crippen molar-refractivity contribution in [2.45, 2.75) is 81.0 Å². The van der Waals surface area contributed by atoms with Gasteiger partial charge in [0.2, 0.25) is 10.0 Å². The number of benzene rings is 4. The fraction of sp³-hybridized carbons (Fsp3) is 0.339. The van der Waals surface area contributed by atoms with E-state index in [0.717, 1.165) is 34.4 Å². The molecule has 408 valence electrons. The molecule has 4 aromatic carbocycles. The molecule has 1 aromatic heterocycles. The van der Waals surface area contributed by atoms with Crippen molar-refractivity contribution in [3.63, 3.8) is 0 Å². The van der Waals surface area contributed by atoms with Gasteiger partial charge in [0.25, 0.3) is 11.8 Å². The average Bonchev–Trinajstić information content (AvgIpc) is 4.02. The molecule has 10 rings (SSSR count). The lowest BCUT2D eigenvalue weighted by atomic mass is 9.93. The normalized spacial score (nSPS) is 20.7. The number of nitrogens with zero attached hydrogens (tertiary/aromatic N) is 5. The molecule has 78 heavy (non-hydrogen) atoms. The van der Waals surface area contributed by atoms with Crippen LogP contribution in [-0.4, -0.2) is 126 Å². The number of hydrogen-bond acceptors (Lipinski definition) is 15. The summed E-state index contributed by atoms with van der Waals surface area (Å²) >= 11 is 0. The van der Waals surface area contributed by atoms with Crippen LogP contribution in [0.5, 0.6) is 23.0 Å². The highest BCUT2D eigenvalue weighted by Crippen LogP contribution is 2.47. The molecule has 0 aliphatic carbocycles. The van der Waals surface area contributed by atoms with Gasteiger partial charge in [0.05, 0.1) is 65.1 Å². The van der Waals surface area contributed by atoms with Gasteiger partial charge in [-0.15, -0.1) is 0 Å². The third-order valence-corrected chi connectivity index (χ3v) is 15.8. The number of carbonyl (C=O) groups is 4. The number of pyridine rings is 1. The van der Waals surface area contributed by atoms with Crippen LogP contribution in [0, 0.1) is 0 Å². The zero-order chi connectivity index (χ0) is 54.8. The standard InChI is InChI=1S/C56H58N6O15S/c1-6-23-74-56(67)62-43-30-49(46(70-3)27-39(43)51(63)59-22-21-34(25-44(59)53(62)72-5)33-17-19-38(20-18-33)78(68,69)57-2)76-32-37-14-11-13-36(58-37)31-75-48-29-42-40(28-47(48)71-4)52(64)60-41-15-8-7-12-35(41)26-45(60)54(61(42)55(65)66)77-50-16-9-10-24-73-50/h6-8,11-15,17-21,27-30,44-45,50,53-54,57H,1,9-10,16,22-26,31-32H2,2-5H3,(H,65,66)/t44-,45-,50?,53?,54?/m0/s1. The Kier molecular flexibility index (Phi) is 15.4. The second kappa shape index (κ2) is 22.5. The van der Waals surface area contributed by atoms with Crippen molar-refractivity contribution >= 4 is 56.7 Å². The first kappa shape index (κ1) is 53.4. The summed E-state index contributed by atoms with van der Waals surface area (Å²) in [4.78, 5) is 67.4. The summed E-state index contributed by atoms with van der Waals surface area (Å²) in [5.74, 6) is -0.170. The first-order chi connectivity index (χ1) is 37.8. The number of methoxy groups -OCH3 is 3. The molecule has 5 aliphatic heterocycles. The van der Waals surface area contributed by atoms with Gasteiger partial charge in [-0.1, -0.05) is 55.1 Å². The summed E-state index contributed by atoms with van der Waals surface area (Å²) in [5.41, 5.74) is 4.37. The predicted octanol–water partition coefficient (Wildman–Crippen LogP) is 7.52. The minimum Gasteiger partial charge on any atom is -0.493 e. The lowest BCUT2D eigenvalue weighted by molar-refractivity contribution is -0.190. The number of carboxylic acid groups (broad SMARTS) is 1. The maximum Gasteiger partial charge on any atom is 0.416 e. The molecule has 1 fully saturated rings. The fourth-order valence-corrected chi connectivity index (χ4v) is 11.4. The minimum atomic E-state index is -3.68. The van der Waals surface area contributed by atoms with Gasteiger partial charge in [-0.05, 0) is 98.3 Å². The molecule has 6 heterocycles. The first-order valence-electron chi connectivity index (χ1n) is 25.3. The summed E-state index contributed by atoms with van der Waals surface area (Å²) in [5, 5.41) is 11.0. The number of sulfonamides is 1. The molecule has 5 atom stereocenters.